The summed E-state index contributed by atoms with van der Waals surface area (Å²) in [6.45, 7) is 5.32. The molecule has 3 rings (SSSR count). The smallest absolute Gasteiger partial charge is 0.225 e. The van der Waals surface area contributed by atoms with Gasteiger partial charge in [-0.15, -0.1) is 0 Å². The Hall–Kier alpha value is -0.570. The van der Waals surface area contributed by atoms with Gasteiger partial charge in [-0.1, -0.05) is 6.42 Å². The predicted molar refractivity (Wildman–Crippen MR) is 67.6 cm³/mol. The van der Waals surface area contributed by atoms with Crippen LogP contribution in [0.5, 0.6) is 0 Å². The van der Waals surface area contributed by atoms with Crippen LogP contribution in [0.1, 0.15) is 39.0 Å². The fourth-order valence-electron chi connectivity index (χ4n) is 4.03. The lowest BCUT2D eigenvalue weighted by atomic mass is 9.92. The lowest BCUT2D eigenvalue weighted by molar-refractivity contribution is -0.135. The minimum Gasteiger partial charge on any atom is -0.342 e. The van der Waals surface area contributed by atoms with Crippen LogP contribution in [0.2, 0.25) is 0 Å². The van der Waals surface area contributed by atoms with Gasteiger partial charge in [0.05, 0.1) is 0 Å². The molecule has 2 heterocycles. The standard InChI is InChI=1S/C14H24N2O/c1-10-7-11(5-6-15-10)14(17)16-8-12-3-2-4-13(12)9-16/h10-13,15H,2-9H2,1H3. The van der Waals surface area contributed by atoms with Crippen LogP contribution in [0.15, 0.2) is 0 Å². The van der Waals surface area contributed by atoms with Gasteiger partial charge in [-0.25, -0.2) is 0 Å². The van der Waals surface area contributed by atoms with Crippen LogP contribution in [0.3, 0.4) is 0 Å². The predicted octanol–water partition coefficient (Wildman–Crippen LogP) is 1.63. The fraction of sp³-hybridized carbons (Fsp3) is 0.929. The molecule has 1 saturated carbocycles. The van der Waals surface area contributed by atoms with E-state index in [4.69, 9.17) is 0 Å². The van der Waals surface area contributed by atoms with E-state index in [9.17, 15) is 4.79 Å². The van der Waals surface area contributed by atoms with Crippen molar-refractivity contribution >= 4 is 5.91 Å². The molecule has 2 aliphatic heterocycles. The van der Waals surface area contributed by atoms with Crippen molar-refractivity contribution in [2.24, 2.45) is 17.8 Å². The highest BCUT2D eigenvalue weighted by Gasteiger charge is 2.40. The number of amides is 1. The van der Waals surface area contributed by atoms with E-state index in [2.05, 4.69) is 17.1 Å². The summed E-state index contributed by atoms with van der Waals surface area (Å²) in [5.41, 5.74) is 0. The quantitative estimate of drug-likeness (QED) is 0.750. The number of likely N-dealkylation sites (tertiary alicyclic amines) is 1. The van der Waals surface area contributed by atoms with Crippen LogP contribution in [0, 0.1) is 17.8 Å². The topological polar surface area (TPSA) is 32.3 Å². The number of carbonyl (C=O) groups excluding carboxylic acids is 1. The summed E-state index contributed by atoms with van der Waals surface area (Å²) in [5, 5.41) is 3.43. The Morgan fingerprint density at radius 1 is 1.18 bits per heavy atom. The molecule has 0 radical (unpaired) electrons. The summed E-state index contributed by atoms with van der Waals surface area (Å²) in [4.78, 5) is 14.7. The lowest BCUT2D eigenvalue weighted by Crippen LogP contribution is -2.43. The van der Waals surface area contributed by atoms with Crippen molar-refractivity contribution in [2.75, 3.05) is 19.6 Å². The van der Waals surface area contributed by atoms with Gasteiger partial charge in [-0.05, 0) is 51.0 Å². The SMILES string of the molecule is CC1CC(C(=O)N2CC3CCCC3C2)CCN1. The summed E-state index contributed by atoms with van der Waals surface area (Å²) >= 11 is 0. The van der Waals surface area contributed by atoms with Gasteiger partial charge >= 0.3 is 0 Å². The van der Waals surface area contributed by atoms with Gasteiger partial charge in [-0.3, -0.25) is 4.79 Å². The number of hydrogen-bond donors (Lipinski definition) is 1. The second-order valence-corrected chi connectivity index (χ2v) is 6.27. The Morgan fingerprint density at radius 3 is 2.53 bits per heavy atom. The first-order chi connectivity index (χ1) is 8.24. The molecular formula is C14H24N2O. The van der Waals surface area contributed by atoms with Crippen LogP contribution in [0.4, 0.5) is 0 Å². The molecule has 2 saturated heterocycles. The van der Waals surface area contributed by atoms with E-state index in [1.165, 1.54) is 19.3 Å². The Bertz CT molecular complexity index is 293. The summed E-state index contributed by atoms with van der Waals surface area (Å²) in [7, 11) is 0. The summed E-state index contributed by atoms with van der Waals surface area (Å²) in [6, 6.07) is 0.514. The van der Waals surface area contributed by atoms with Crippen molar-refractivity contribution in [1.82, 2.24) is 10.2 Å². The zero-order valence-corrected chi connectivity index (χ0v) is 10.8. The Morgan fingerprint density at radius 2 is 1.88 bits per heavy atom. The maximum atomic E-state index is 12.5. The number of fused-ring (bicyclic) bond motifs is 1. The van der Waals surface area contributed by atoms with Gasteiger partial charge in [0, 0.05) is 25.0 Å². The molecule has 17 heavy (non-hydrogen) atoms. The molecule has 96 valence electrons. The summed E-state index contributed by atoms with van der Waals surface area (Å²) in [6.07, 6.45) is 6.18. The van der Waals surface area contributed by atoms with E-state index in [-0.39, 0.29) is 0 Å². The van der Waals surface area contributed by atoms with E-state index < -0.39 is 0 Å². The zero-order valence-electron chi connectivity index (χ0n) is 10.8. The molecule has 0 aromatic rings. The molecule has 1 N–H and O–H groups in total. The summed E-state index contributed by atoms with van der Waals surface area (Å²) in [5.74, 6) is 2.41. The van der Waals surface area contributed by atoms with Crippen LogP contribution in [-0.4, -0.2) is 36.5 Å². The number of piperidine rings is 1. The molecule has 0 aromatic heterocycles. The van der Waals surface area contributed by atoms with E-state index in [1.54, 1.807) is 0 Å². The molecule has 3 fully saturated rings. The third-order valence-electron chi connectivity index (χ3n) is 5.01. The molecule has 3 aliphatic rings. The van der Waals surface area contributed by atoms with Crippen molar-refractivity contribution in [3.63, 3.8) is 0 Å². The average Bonchev–Trinajstić information content (AvgIpc) is 2.88. The maximum Gasteiger partial charge on any atom is 0.225 e. The lowest BCUT2D eigenvalue weighted by Gasteiger charge is -2.30. The molecule has 3 nitrogen and oxygen atoms in total. The van der Waals surface area contributed by atoms with Crippen molar-refractivity contribution in [1.29, 1.82) is 0 Å². The third kappa shape index (κ3) is 2.22. The number of nitrogens with zero attached hydrogens (tertiary/aromatic N) is 1. The van der Waals surface area contributed by atoms with Crippen molar-refractivity contribution in [2.45, 2.75) is 45.1 Å². The first-order valence-electron chi connectivity index (χ1n) is 7.26. The number of hydrogen-bond acceptors (Lipinski definition) is 2. The minimum atomic E-state index is 0.296. The molecule has 0 bridgehead atoms. The second kappa shape index (κ2) is 4.60. The molecule has 1 amide bonds. The zero-order chi connectivity index (χ0) is 11.8. The van der Waals surface area contributed by atoms with Gasteiger partial charge < -0.3 is 10.2 Å². The van der Waals surface area contributed by atoms with E-state index in [1.807, 2.05) is 0 Å². The van der Waals surface area contributed by atoms with Crippen LogP contribution in [0.25, 0.3) is 0 Å². The van der Waals surface area contributed by atoms with Crippen molar-refractivity contribution in [3.8, 4) is 0 Å². The first-order valence-corrected chi connectivity index (χ1v) is 7.26. The third-order valence-corrected chi connectivity index (χ3v) is 5.01. The minimum absolute atomic E-state index is 0.296. The summed E-state index contributed by atoms with van der Waals surface area (Å²) < 4.78 is 0. The van der Waals surface area contributed by atoms with E-state index >= 15 is 0 Å². The Labute approximate surface area is 104 Å². The molecule has 3 heteroatoms. The van der Waals surface area contributed by atoms with Crippen LogP contribution in [-0.2, 0) is 4.79 Å². The number of carbonyl (C=O) groups is 1. The van der Waals surface area contributed by atoms with E-state index in [0.717, 1.165) is 44.3 Å². The van der Waals surface area contributed by atoms with Crippen LogP contribution >= 0.6 is 0 Å². The maximum absolute atomic E-state index is 12.5. The molecular weight excluding hydrogens is 212 g/mol. The Balaban J connectivity index is 1.59. The van der Waals surface area contributed by atoms with E-state index in [0.29, 0.717) is 17.9 Å². The molecule has 1 aliphatic carbocycles. The van der Waals surface area contributed by atoms with Crippen molar-refractivity contribution in [3.05, 3.63) is 0 Å². The van der Waals surface area contributed by atoms with Crippen molar-refractivity contribution < 1.29 is 4.79 Å². The monoisotopic (exact) mass is 236 g/mol. The second-order valence-electron chi connectivity index (χ2n) is 6.27. The molecule has 0 aromatic carbocycles. The fourth-order valence-corrected chi connectivity index (χ4v) is 4.03. The van der Waals surface area contributed by atoms with Gasteiger partial charge in [0.2, 0.25) is 5.91 Å². The van der Waals surface area contributed by atoms with Crippen LogP contribution < -0.4 is 5.32 Å². The Kier molecular flexibility index (Phi) is 3.12. The van der Waals surface area contributed by atoms with Gasteiger partial charge in [-0.2, -0.15) is 0 Å². The molecule has 4 unspecified atom stereocenters. The van der Waals surface area contributed by atoms with Gasteiger partial charge in [0.25, 0.3) is 0 Å². The highest BCUT2D eigenvalue weighted by atomic mass is 16.2. The molecule has 4 atom stereocenters. The highest BCUT2D eigenvalue weighted by Crippen LogP contribution is 2.38. The average molecular weight is 236 g/mol. The number of rotatable bonds is 1. The highest BCUT2D eigenvalue weighted by molar-refractivity contribution is 5.79. The van der Waals surface area contributed by atoms with Gasteiger partial charge in [0.15, 0.2) is 0 Å². The van der Waals surface area contributed by atoms with Gasteiger partial charge in [0.1, 0.15) is 0 Å². The number of nitrogens with one attached hydrogen (secondary N) is 1. The largest absolute Gasteiger partial charge is 0.342 e. The first kappa shape index (κ1) is 11.5. The molecule has 0 spiro atoms. The normalized spacial score (nSPS) is 41.6.